The Bertz CT molecular complexity index is 681. The molecule has 1 aromatic rings. The summed E-state index contributed by atoms with van der Waals surface area (Å²) in [5, 5.41) is 0. The highest BCUT2D eigenvalue weighted by atomic mass is 35.6. The third-order valence-electron chi connectivity index (χ3n) is 4.52. The zero-order chi connectivity index (χ0) is 20.2. The van der Waals surface area contributed by atoms with Gasteiger partial charge in [0.1, 0.15) is 12.6 Å². The van der Waals surface area contributed by atoms with Crippen LogP contribution in [0.3, 0.4) is 0 Å². The number of alkyl halides is 3. The smallest absolute Gasteiger partial charge is 0.409 e. The number of methoxy groups -OCH3 is 1. The van der Waals surface area contributed by atoms with E-state index in [0.717, 1.165) is 11.1 Å². The Balaban J connectivity index is 2.07. The molecule has 1 aromatic carbocycles. The van der Waals surface area contributed by atoms with E-state index >= 15 is 0 Å². The van der Waals surface area contributed by atoms with E-state index in [0.29, 0.717) is 19.5 Å². The maximum absolute atomic E-state index is 12.2. The fourth-order valence-corrected chi connectivity index (χ4v) is 3.32. The second-order valence-corrected chi connectivity index (χ2v) is 9.14. The van der Waals surface area contributed by atoms with Crippen LogP contribution >= 0.6 is 34.8 Å². The van der Waals surface area contributed by atoms with Crippen molar-refractivity contribution in [2.24, 2.45) is 0 Å². The van der Waals surface area contributed by atoms with Gasteiger partial charge in [-0.05, 0) is 18.9 Å². The number of esters is 1. The lowest BCUT2D eigenvalue weighted by Gasteiger charge is -2.25. The Morgan fingerprint density at radius 1 is 1.33 bits per heavy atom. The summed E-state index contributed by atoms with van der Waals surface area (Å²) in [4.78, 5) is 27.9. The van der Waals surface area contributed by atoms with Gasteiger partial charge in [-0.2, -0.15) is 0 Å². The first-order chi connectivity index (χ1) is 12.6. The monoisotopic (exact) mass is 436 g/mol. The van der Waals surface area contributed by atoms with Gasteiger partial charge in [0.25, 0.3) is 0 Å². The molecule has 2 rings (SSSR count). The summed E-state index contributed by atoms with van der Waals surface area (Å²) in [6, 6.07) is 7.41. The number of hydrogen-bond donors (Lipinski definition) is 0. The number of halogens is 3. The zero-order valence-corrected chi connectivity index (χ0v) is 17.7. The lowest BCUT2D eigenvalue weighted by Crippen LogP contribution is -2.40. The lowest BCUT2D eigenvalue weighted by atomic mass is 10.1. The van der Waals surface area contributed by atoms with Crippen molar-refractivity contribution < 1.29 is 19.1 Å². The summed E-state index contributed by atoms with van der Waals surface area (Å²) < 4.78 is 8.30. The Hall–Kier alpha value is -1.21. The first kappa shape index (κ1) is 22.1. The summed E-state index contributed by atoms with van der Waals surface area (Å²) in [6.45, 7) is 2.76. The first-order valence-electron chi connectivity index (χ1n) is 8.44. The predicted molar refractivity (Wildman–Crippen MR) is 105 cm³/mol. The van der Waals surface area contributed by atoms with Crippen molar-refractivity contribution in [2.75, 3.05) is 27.3 Å². The third kappa shape index (κ3) is 6.42. The number of carbonyl (C=O) groups excluding carboxylic acids is 2. The van der Waals surface area contributed by atoms with Crippen LogP contribution in [-0.4, -0.2) is 65.0 Å². The maximum atomic E-state index is 12.2. The van der Waals surface area contributed by atoms with Gasteiger partial charge in [-0.15, -0.1) is 0 Å². The summed E-state index contributed by atoms with van der Waals surface area (Å²) in [5.74, 6) is -0.326. The highest BCUT2D eigenvalue weighted by Gasteiger charge is 2.41. The van der Waals surface area contributed by atoms with E-state index in [4.69, 9.17) is 44.3 Å². The molecule has 1 aliphatic heterocycles. The average Bonchev–Trinajstić information content (AvgIpc) is 3.01. The second kappa shape index (κ2) is 9.32. The maximum Gasteiger partial charge on any atom is 0.409 e. The van der Waals surface area contributed by atoms with Crippen LogP contribution in [-0.2, 0) is 20.8 Å². The largest absolute Gasteiger partial charge is 0.468 e. The van der Waals surface area contributed by atoms with E-state index in [2.05, 4.69) is 6.07 Å². The van der Waals surface area contributed by atoms with Gasteiger partial charge in [-0.3, -0.25) is 9.69 Å². The SMILES string of the molecule is COC(=O)[C@@H]1C[C@H](N(C)C(=O)OCC(Cl)(Cl)Cl)CN1Cc1cccc(C)c1. The van der Waals surface area contributed by atoms with E-state index in [1.165, 1.54) is 12.0 Å². The van der Waals surface area contributed by atoms with Crippen molar-refractivity contribution in [2.45, 2.75) is 35.8 Å². The minimum atomic E-state index is -1.67. The van der Waals surface area contributed by atoms with Gasteiger partial charge in [-0.25, -0.2) is 4.79 Å². The number of nitrogens with zero attached hydrogens (tertiary/aromatic N) is 2. The van der Waals surface area contributed by atoms with Crippen molar-refractivity contribution in [3.05, 3.63) is 35.4 Å². The van der Waals surface area contributed by atoms with Crippen molar-refractivity contribution in [1.82, 2.24) is 9.80 Å². The number of amides is 1. The van der Waals surface area contributed by atoms with Crippen LogP contribution in [0.2, 0.25) is 0 Å². The van der Waals surface area contributed by atoms with E-state index < -0.39 is 15.9 Å². The number of aryl methyl sites for hydroxylation is 1. The Kier molecular flexibility index (Phi) is 7.63. The normalized spacial score (nSPS) is 20.4. The third-order valence-corrected chi connectivity index (χ3v) is 4.85. The summed E-state index contributed by atoms with van der Waals surface area (Å²) in [7, 11) is 2.97. The topological polar surface area (TPSA) is 59.1 Å². The van der Waals surface area contributed by atoms with Gasteiger partial charge in [-0.1, -0.05) is 64.6 Å². The molecule has 0 radical (unpaired) electrons. The molecule has 0 N–H and O–H groups in total. The Morgan fingerprint density at radius 3 is 2.63 bits per heavy atom. The van der Waals surface area contributed by atoms with E-state index in [9.17, 15) is 9.59 Å². The minimum absolute atomic E-state index is 0.221. The van der Waals surface area contributed by atoms with Crippen LogP contribution < -0.4 is 0 Å². The molecule has 1 saturated heterocycles. The molecular weight excluding hydrogens is 415 g/mol. The van der Waals surface area contributed by atoms with Gasteiger partial charge >= 0.3 is 12.1 Å². The summed E-state index contributed by atoms with van der Waals surface area (Å²) in [6.07, 6.45) is -0.162. The molecule has 6 nitrogen and oxygen atoms in total. The average molecular weight is 438 g/mol. The molecule has 0 aliphatic carbocycles. The standard InChI is InChI=1S/C18H23Cl3N2O4/c1-12-5-4-6-13(7-12)9-23-10-14(8-15(23)16(24)26-3)22(2)17(25)27-11-18(19,20)21/h4-7,14-15H,8-11H2,1-3H3/t14-,15-/m0/s1. The number of likely N-dealkylation sites (N-methyl/N-ethyl adjacent to an activating group) is 1. The number of rotatable bonds is 5. The van der Waals surface area contributed by atoms with Gasteiger partial charge in [0, 0.05) is 26.2 Å². The van der Waals surface area contributed by atoms with Crippen molar-refractivity contribution >= 4 is 46.9 Å². The molecule has 150 valence electrons. The molecule has 27 heavy (non-hydrogen) atoms. The molecule has 0 unspecified atom stereocenters. The van der Waals surface area contributed by atoms with Crippen LogP contribution in [0.4, 0.5) is 4.79 Å². The van der Waals surface area contributed by atoms with Crippen molar-refractivity contribution in [1.29, 1.82) is 0 Å². The van der Waals surface area contributed by atoms with Crippen LogP contribution in [0.15, 0.2) is 24.3 Å². The fraction of sp³-hybridized carbons (Fsp3) is 0.556. The van der Waals surface area contributed by atoms with Gasteiger partial charge < -0.3 is 14.4 Å². The first-order valence-corrected chi connectivity index (χ1v) is 9.58. The molecule has 2 atom stereocenters. The highest BCUT2D eigenvalue weighted by molar-refractivity contribution is 6.67. The molecule has 0 saturated carbocycles. The molecule has 0 spiro atoms. The van der Waals surface area contributed by atoms with Crippen LogP contribution in [0, 0.1) is 6.92 Å². The Labute approximate surface area is 174 Å². The predicted octanol–water partition coefficient (Wildman–Crippen LogP) is 3.55. The molecule has 1 aliphatic rings. The number of ether oxygens (including phenoxy) is 2. The van der Waals surface area contributed by atoms with Gasteiger partial charge in [0.05, 0.1) is 7.11 Å². The summed E-state index contributed by atoms with van der Waals surface area (Å²) >= 11 is 16.9. The van der Waals surface area contributed by atoms with E-state index in [1.807, 2.05) is 30.0 Å². The molecule has 1 fully saturated rings. The number of hydrogen-bond acceptors (Lipinski definition) is 5. The second-order valence-electron chi connectivity index (χ2n) is 6.63. The van der Waals surface area contributed by atoms with E-state index in [1.54, 1.807) is 7.05 Å². The van der Waals surface area contributed by atoms with Gasteiger partial charge in [0.15, 0.2) is 0 Å². The van der Waals surface area contributed by atoms with Crippen molar-refractivity contribution in [3.63, 3.8) is 0 Å². The summed E-state index contributed by atoms with van der Waals surface area (Å²) in [5.41, 5.74) is 2.23. The van der Waals surface area contributed by atoms with Crippen LogP contribution in [0.25, 0.3) is 0 Å². The molecule has 9 heteroatoms. The zero-order valence-electron chi connectivity index (χ0n) is 15.5. The fourth-order valence-electron chi connectivity index (χ4n) is 3.16. The molecule has 1 amide bonds. The van der Waals surface area contributed by atoms with Gasteiger partial charge in [0.2, 0.25) is 3.79 Å². The molecule has 1 heterocycles. The quantitative estimate of drug-likeness (QED) is 0.521. The number of benzene rings is 1. The number of likely N-dealkylation sites (tertiary alicyclic amines) is 1. The van der Waals surface area contributed by atoms with Crippen LogP contribution in [0.5, 0.6) is 0 Å². The Morgan fingerprint density at radius 2 is 2.04 bits per heavy atom. The molecule has 0 bridgehead atoms. The minimum Gasteiger partial charge on any atom is -0.468 e. The van der Waals surface area contributed by atoms with E-state index in [-0.39, 0.29) is 18.6 Å². The molecule has 0 aromatic heterocycles. The van der Waals surface area contributed by atoms with Crippen LogP contribution in [0.1, 0.15) is 17.5 Å². The highest BCUT2D eigenvalue weighted by Crippen LogP contribution is 2.28. The van der Waals surface area contributed by atoms with Crippen molar-refractivity contribution in [3.8, 4) is 0 Å². The number of carbonyl (C=O) groups is 2. The lowest BCUT2D eigenvalue weighted by molar-refractivity contribution is -0.146. The molecular formula is C18H23Cl3N2O4.